The molecule has 112 valence electrons. The van der Waals surface area contributed by atoms with E-state index >= 15 is 0 Å². The van der Waals surface area contributed by atoms with E-state index in [0.717, 1.165) is 0 Å². The highest BCUT2D eigenvalue weighted by Crippen LogP contribution is 2.23. The third-order valence-corrected chi connectivity index (χ3v) is 4.28. The highest BCUT2D eigenvalue weighted by Gasteiger charge is 2.15. The van der Waals surface area contributed by atoms with Crippen LogP contribution in [0.5, 0.6) is 0 Å². The molecule has 0 amide bonds. The summed E-state index contributed by atoms with van der Waals surface area (Å²) >= 11 is 5.60. The smallest absolute Gasteiger partial charge is 0.237 e. The summed E-state index contributed by atoms with van der Waals surface area (Å²) in [5.74, 6) is -1.14. The Kier molecular flexibility index (Phi) is 4.82. The zero-order chi connectivity index (χ0) is 15.5. The molecule has 2 aromatic carbocycles. The first-order valence-electron chi connectivity index (χ1n) is 6.04. The first-order valence-corrected chi connectivity index (χ1v) is 8.07. The minimum absolute atomic E-state index is 0.155. The fourth-order valence-electron chi connectivity index (χ4n) is 1.82. The number of aliphatic hydroxyl groups excluding tert-OH is 1. The van der Waals surface area contributed by atoms with Gasteiger partial charge in [0.1, 0.15) is 0 Å². The third kappa shape index (κ3) is 4.17. The van der Waals surface area contributed by atoms with Crippen LogP contribution >= 0.6 is 11.6 Å². The van der Waals surface area contributed by atoms with Gasteiger partial charge in [0.05, 0.1) is 23.1 Å². The van der Waals surface area contributed by atoms with Crippen molar-refractivity contribution < 1.29 is 17.9 Å². The zero-order valence-corrected chi connectivity index (χ0v) is 12.5. The lowest BCUT2D eigenvalue weighted by Gasteiger charge is -2.10. The molecule has 0 radical (unpaired) electrons. The average molecular weight is 330 g/mol. The van der Waals surface area contributed by atoms with Gasteiger partial charge in [-0.15, -0.1) is 0 Å². The molecule has 2 aromatic rings. The second-order valence-electron chi connectivity index (χ2n) is 4.44. The predicted octanol–water partition coefficient (Wildman–Crippen LogP) is 2.91. The highest BCUT2D eigenvalue weighted by atomic mass is 35.5. The van der Waals surface area contributed by atoms with E-state index < -0.39 is 15.8 Å². The summed E-state index contributed by atoms with van der Waals surface area (Å²) < 4.78 is 40.0. The number of hydrogen-bond donors (Lipinski definition) is 2. The van der Waals surface area contributed by atoms with Crippen molar-refractivity contribution in [2.24, 2.45) is 0 Å². The van der Waals surface area contributed by atoms with E-state index in [0.29, 0.717) is 11.1 Å². The van der Waals surface area contributed by atoms with Gasteiger partial charge in [-0.1, -0.05) is 41.9 Å². The Morgan fingerprint density at radius 3 is 2.52 bits per heavy atom. The molecule has 7 heteroatoms. The molecule has 0 aliphatic carbocycles. The predicted molar refractivity (Wildman–Crippen MR) is 80.0 cm³/mol. The van der Waals surface area contributed by atoms with Gasteiger partial charge in [0.25, 0.3) is 0 Å². The van der Waals surface area contributed by atoms with Gasteiger partial charge in [-0.25, -0.2) is 12.8 Å². The molecule has 0 saturated heterocycles. The summed E-state index contributed by atoms with van der Waals surface area (Å²) in [7, 11) is -3.78. The number of sulfonamides is 1. The Labute approximate surface area is 127 Å². The van der Waals surface area contributed by atoms with Crippen molar-refractivity contribution in [3.63, 3.8) is 0 Å². The van der Waals surface area contributed by atoms with Gasteiger partial charge in [-0.05, 0) is 23.3 Å². The molecule has 21 heavy (non-hydrogen) atoms. The van der Waals surface area contributed by atoms with Crippen LogP contribution in [0.4, 0.5) is 10.1 Å². The molecule has 0 unspecified atom stereocenters. The number of aliphatic hydroxyl groups is 1. The molecule has 0 aliphatic rings. The van der Waals surface area contributed by atoms with Crippen molar-refractivity contribution in [2.75, 3.05) is 4.72 Å². The molecule has 0 spiro atoms. The summed E-state index contributed by atoms with van der Waals surface area (Å²) in [6.07, 6.45) is 0. The molecule has 0 bridgehead atoms. The van der Waals surface area contributed by atoms with Gasteiger partial charge in [-0.3, -0.25) is 4.72 Å². The molecule has 0 heterocycles. The normalized spacial score (nSPS) is 11.4. The number of hydrogen-bond acceptors (Lipinski definition) is 3. The van der Waals surface area contributed by atoms with E-state index in [2.05, 4.69) is 4.72 Å². The van der Waals surface area contributed by atoms with Crippen molar-refractivity contribution >= 4 is 27.3 Å². The number of benzene rings is 2. The molecule has 0 aliphatic heterocycles. The van der Waals surface area contributed by atoms with Crippen LogP contribution in [0.25, 0.3) is 0 Å². The molecule has 2 N–H and O–H groups in total. The van der Waals surface area contributed by atoms with Crippen molar-refractivity contribution in [1.82, 2.24) is 0 Å². The lowest BCUT2D eigenvalue weighted by molar-refractivity contribution is 0.282. The maximum atomic E-state index is 13.7. The lowest BCUT2D eigenvalue weighted by Crippen LogP contribution is -2.16. The summed E-state index contributed by atoms with van der Waals surface area (Å²) in [5.41, 5.74) is 0.911. The van der Waals surface area contributed by atoms with Gasteiger partial charge < -0.3 is 5.11 Å². The highest BCUT2D eigenvalue weighted by molar-refractivity contribution is 7.91. The van der Waals surface area contributed by atoms with Crippen LogP contribution in [-0.4, -0.2) is 13.5 Å². The van der Waals surface area contributed by atoms with Gasteiger partial charge in [-0.2, -0.15) is 0 Å². The van der Waals surface area contributed by atoms with Crippen LogP contribution < -0.4 is 4.72 Å². The first-order chi connectivity index (χ1) is 9.91. The van der Waals surface area contributed by atoms with Crippen molar-refractivity contribution in [1.29, 1.82) is 0 Å². The van der Waals surface area contributed by atoms with E-state index in [-0.39, 0.29) is 23.1 Å². The van der Waals surface area contributed by atoms with Crippen molar-refractivity contribution in [2.45, 2.75) is 12.4 Å². The Morgan fingerprint density at radius 1 is 1.14 bits per heavy atom. The summed E-state index contributed by atoms with van der Waals surface area (Å²) in [6, 6.07) is 10.6. The fraction of sp³-hybridized carbons (Fsp3) is 0.143. The maximum Gasteiger partial charge on any atom is 0.237 e. The molecular weight excluding hydrogens is 317 g/mol. The summed E-state index contributed by atoms with van der Waals surface area (Å²) in [4.78, 5) is 0. The van der Waals surface area contributed by atoms with E-state index in [1.165, 1.54) is 18.2 Å². The first kappa shape index (κ1) is 15.8. The fourth-order valence-corrected chi connectivity index (χ4v) is 3.18. The Morgan fingerprint density at radius 2 is 1.81 bits per heavy atom. The molecular formula is C14H13ClFNO3S. The minimum atomic E-state index is -3.78. The second-order valence-corrected chi connectivity index (χ2v) is 6.57. The third-order valence-electron chi connectivity index (χ3n) is 2.75. The number of nitrogens with one attached hydrogen (secondary N) is 1. The molecule has 2 rings (SSSR count). The van der Waals surface area contributed by atoms with Gasteiger partial charge in [0, 0.05) is 0 Å². The van der Waals surface area contributed by atoms with Gasteiger partial charge in [0.2, 0.25) is 10.0 Å². The van der Waals surface area contributed by atoms with Crippen LogP contribution in [-0.2, 0) is 22.4 Å². The standard InChI is InChI=1S/C14H13ClFNO3S/c15-12-5-2-6-13(14(12)16)17-21(19,20)9-11-4-1-3-10(7-11)8-18/h1-7,17-18H,8-9H2. The summed E-state index contributed by atoms with van der Waals surface area (Å²) in [6.45, 7) is -0.176. The van der Waals surface area contributed by atoms with Crippen molar-refractivity contribution in [3.05, 3.63) is 64.4 Å². The van der Waals surface area contributed by atoms with Crippen LogP contribution in [0.3, 0.4) is 0 Å². The zero-order valence-electron chi connectivity index (χ0n) is 10.9. The SMILES string of the molecule is O=S(=O)(Cc1cccc(CO)c1)Nc1cccc(Cl)c1F. The summed E-state index contributed by atoms with van der Waals surface area (Å²) in [5, 5.41) is 8.88. The monoisotopic (exact) mass is 329 g/mol. The van der Waals surface area contributed by atoms with Crippen LogP contribution in [0.2, 0.25) is 5.02 Å². The Hall–Kier alpha value is -1.63. The number of anilines is 1. The average Bonchev–Trinajstić information content (AvgIpc) is 2.43. The second kappa shape index (κ2) is 6.43. The molecule has 0 atom stereocenters. The number of rotatable bonds is 5. The Bertz CT molecular complexity index is 750. The largest absolute Gasteiger partial charge is 0.392 e. The minimum Gasteiger partial charge on any atom is -0.392 e. The molecule has 4 nitrogen and oxygen atoms in total. The van der Waals surface area contributed by atoms with E-state index in [1.807, 2.05) is 0 Å². The van der Waals surface area contributed by atoms with Crippen LogP contribution in [0.15, 0.2) is 42.5 Å². The van der Waals surface area contributed by atoms with E-state index in [4.69, 9.17) is 16.7 Å². The van der Waals surface area contributed by atoms with Crippen molar-refractivity contribution in [3.8, 4) is 0 Å². The molecule has 0 fully saturated rings. The van der Waals surface area contributed by atoms with Gasteiger partial charge >= 0.3 is 0 Å². The number of halogens is 2. The lowest BCUT2D eigenvalue weighted by atomic mass is 10.1. The van der Waals surface area contributed by atoms with Gasteiger partial charge in [0.15, 0.2) is 5.82 Å². The van der Waals surface area contributed by atoms with E-state index in [9.17, 15) is 12.8 Å². The quantitative estimate of drug-likeness (QED) is 0.886. The molecule has 0 aromatic heterocycles. The molecule has 0 saturated carbocycles. The Balaban J connectivity index is 2.20. The van der Waals surface area contributed by atoms with E-state index in [1.54, 1.807) is 24.3 Å². The maximum absolute atomic E-state index is 13.7. The topological polar surface area (TPSA) is 66.4 Å². The van der Waals surface area contributed by atoms with Crippen LogP contribution in [0, 0.1) is 5.82 Å². The van der Waals surface area contributed by atoms with Crippen LogP contribution in [0.1, 0.15) is 11.1 Å².